The van der Waals surface area contributed by atoms with Crippen molar-refractivity contribution in [2.75, 3.05) is 16.8 Å². The molecule has 0 bridgehead atoms. The lowest BCUT2D eigenvalue weighted by molar-refractivity contribution is -0.125. The number of hydrogen-bond donors (Lipinski definition) is 1. The number of carbonyl (C=O) groups excluding carboxylic acids is 2. The van der Waals surface area contributed by atoms with Crippen LogP contribution in [-0.2, 0) is 16.0 Å². The summed E-state index contributed by atoms with van der Waals surface area (Å²) in [5.74, 6) is -0.425. The quantitative estimate of drug-likeness (QED) is 0.885. The Kier molecular flexibility index (Phi) is 4.15. The highest BCUT2D eigenvalue weighted by molar-refractivity contribution is 6.09. The van der Waals surface area contributed by atoms with Gasteiger partial charge in [0.1, 0.15) is 6.42 Å². The molecule has 1 heterocycles. The SMILES string of the molecule is Cc1ccc(C)c(NC(=O)CC(=O)N2CCc3ccccc32)c1. The maximum absolute atomic E-state index is 12.4. The van der Waals surface area contributed by atoms with Crippen LogP contribution in [0.15, 0.2) is 42.5 Å². The minimum atomic E-state index is -0.270. The van der Waals surface area contributed by atoms with Gasteiger partial charge in [-0.15, -0.1) is 0 Å². The number of nitrogens with one attached hydrogen (secondary N) is 1. The van der Waals surface area contributed by atoms with E-state index in [1.54, 1.807) is 4.90 Å². The fourth-order valence-electron chi connectivity index (χ4n) is 2.89. The van der Waals surface area contributed by atoms with Crippen LogP contribution in [-0.4, -0.2) is 18.4 Å². The highest BCUT2D eigenvalue weighted by Gasteiger charge is 2.25. The molecule has 4 heteroatoms. The molecule has 118 valence electrons. The lowest BCUT2D eigenvalue weighted by Gasteiger charge is -2.17. The van der Waals surface area contributed by atoms with Gasteiger partial charge in [0.2, 0.25) is 11.8 Å². The van der Waals surface area contributed by atoms with E-state index in [1.807, 2.05) is 56.3 Å². The second kappa shape index (κ2) is 6.24. The maximum atomic E-state index is 12.4. The molecule has 0 unspecified atom stereocenters. The van der Waals surface area contributed by atoms with E-state index in [9.17, 15) is 9.59 Å². The normalized spacial score (nSPS) is 12.9. The summed E-state index contributed by atoms with van der Waals surface area (Å²) in [5.41, 5.74) is 4.92. The van der Waals surface area contributed by atoms with Crippen LogP contribution >= 0.6 is 0 Å². The topological polar surface area (TPSA) is 49.4 Å². The number of rotatable bonds is 3. The lowest BCUT2D eigenvalue weighted by atomic mass is 10.1. The van der Waals surface area contributed by atoms with Crippen LogP contribution in [0.1, 0.15) is 23.1 Å². The highest BCUT2D eigenvalue weighted by Crippen LogP contribution is 2.28. The number of nitrogens with zero attached hydrogens (tertiary/aromatic N) is 1. The van der Waals surface area contributed by atoms with Crippen LogP contribution in [0.25, 0.3) is 0 Å². The summed E-state index contributed by atoms with van der Waals surface area (Å²) in [4.78, 5) is 26.3. The summed E-state index contributed by atoms with van der Waals surface area (Å²) < 4.78 is 0. The third kappa shape index (κ3) is 3.26. The van der Waals surface area contributed by atoms with Gasteiger partial charge in [-0.1, -0.05) is 30.3 Å². The minimum absolute atomic E-state index is 0.137. The molecule has 0 aromatic heterocycles. The van der Waals surface area contributed by atoms with Crippen LogP contribution in [0, 0.1) is 13.8 Å². The third-order valence-electron chi connectivity index (χ3n) is 4.17. The van der Waals surface area contributed by atoms with E-state index in [2.05, 4.69) is 5.32 Å². The van der Waals surface area contributed by atoms with E-state index in [0.29, 0.717) is 6.54 Å². The van der Waals surface area contributed by atoms with Crippen molar-refractivity contribution in [3.8, 4) is 0 Å². The van der Waals surface area contributed by atoms with Crippen LogP contribution in [0.2, 0.25) is 0 Å². The van der Waals surface area contributed by atoms with Crippen molar-refractivity contribution in [1.29, 1.82) is 0 Å². The summed E-state index contributed by atoms with van der Waals surface area (Å²) in [5, 5.41) is 2.84. The molecule has 3 rings (SSSR count). The number of aryl methyl sites for hydroxylation is 2. The summed E-state index contributed by atoms with van der Waals surface area (Å²) in [7, 11) is 0. The summed E-state index contributed by atoms with van der Waals surface area (Å²) in [6.07, 6.45) is 0.711. The first kappa shape index (κ1) is 15.3. The molecule has 1 N–H and O–H groups in total. The molecule has 0 spiro atoms. The van der Waals surface area contributed by atoms with Crippen LogP contribution in [0.4, 0.5) is 11.4 Å². The van der Waals surface area contributed by atoms with Crippen molar-refractivity contribution >= 4 is 23.2 Å². The Labute approximate surface area is 136 Å². The number of anilines is 2. The molecule has 4 nitrogen and oxygen atoms in total. The largest absolute Gasteiger partial charge is 0.325 e. The number of hydrogen-bond acceptors (Lipinski definition) is 2. The van der Waals surface area contributed by atoms with Crippen molar-refractivity contribution in [3.63, 3.8) is 0 Å². The van der Waals surface area contributed by atoms with Gasteiger partial charge in [0.05, 0.1) is 0 Å². The summed E-state index contributed by atoms with van der Waals surface area (Å²) in [6, 6.07) is 13.7. The molecule has 0 radical (unpaired) electrons. The molecule has 2 aromatic rings. The van der Waals surface area contributed by atoms with E-state index in [0.717, 1.165) is 34.5 Å². The second-order valence-electron chi connectivity index (χ2n) is 5.97. The molecule has 0 atom stereocenters. The molecular formula is C19H20N2O2. The molecular weight excluding hydrogens is 288 g/mol. The predicted molar refractivity (Wildman–Crippen MR) is 91.7 cm³/mol. The number of para-hydroxylation sites is 1. The summed E-state index contributed by atoms with van der Waals surface area (Å²) in [6.45, 7) is 4.56. The molecule has 1 aliphatic heterocycles. The predicted octanol–water partition coefficient (Wildman–Crippen LogP) is 3.22. The van der Waals surface area contributed by atoms with Gasteiger partial charge in [0.15, 0.2) is 0 Å². The Morgan fingerprint density at radius 2 is 1.91 bits per heavy atom. The molecule has 2 aromatic carbocycles. The molecule has 0 saturated heterocycles. The standard InChI is InChI=1S/C19H20N2O2/c1-13-7-8-14(2)16(11-13)20-18(22)12-19(23)21-10-9-15-5-3-4-6-17(15)21/h3-8,11H,9-10,12H2,1-2H3,(H,20,22). The van der Waals surface area contributed by atoms with Crippen molar-refractivity contribution in [1.82, 2.24) is 0 Å². The van der Waals surface area contributed by atoms with Crippen LogP contribution in [0.5, 0.6) is 0 Å². The first-order valence-electron chi connectivity index (χ1n) is 7.80. The van der Waals surface area contributed by atoms with Crippen LogP contribution in [0.3, 0.4) is 0 Å². The van der Waals surface area contributed by atoms with Gasteiger partial charge in [-0.3, -0.25) is 9.59 Å². The van der Waals surface area contributed by atoms with Gasteiger partial charge in [-0.25, -0.2) is 0 Å². The van der Waals surface area contributed by atoms with Crippen molar-refractivity contribution in [2.24, 2.45) is 0 Å². The molecule has 0 aliphatic carbocycles. The minimum Gasteiger partial charge on any atom is -0.325 e. The molecule has 1 aliphatic rings. The molecule has 23 heavy (non-hydrogen) atoms. The van der Waals surface area contributed by atoms with E-state index < -0.39 is 0 Å². The average molecular weight is 308 g/mol. The van der Waals surface area contributed by atoms with Gasteiger partial charge in [-0.05, 0) is 49.1 Å². The van der Waals surface area contributed by atoms with Gasteiger partial charge in [0, 0.05) is 17.9 Å². The number of benzene rings is 2. The van der Waals surface area contributed by atoms with E-state index in [1.165, 1.54) is 0 Å². The van der Waals surface area contributed by atoms with Gasteiger partial charge < -0.3 is 10.2 Å². The van der Waals surface area contributed by atoms with E-state index >= 15 is 0 Å². The fraction of sp³-hybridized carbons (Fsp3) is 0.263. The van der Waals surface area contributed by atoms with E-state index in [-0.39, 0.29) is 18.2 Å². The number of carbonyl (C=O) groups is 2. The summed E-state index contributed by atoms with van der Waals surface area (Å²) >= 11 is 0. The average Bonchev–Trinajstić information content (AvgIpc) is 2.95. The Morgan fingerprint density at radius 1 is 1.13 bits per heavy atom. The number of amides is 2. The van der Waals surface area contributed by atoms with Crippen molar-refractivity contribution < 1.29 is 9.59 Å². The van der Waals surface area contributed by atoms with Crippen molar-refractivity contribution in [3.05, 3.63) is 59.2 Å². The first-order valence-corrected chi connectivity index (χ1v) is 7.80. The second-order valence-corrected chi connectivity index (χ2v) is 5.97. The van der Waals surface area contributed by atoms with Gasteiger partial charge in [-0.2, -0.15) is 0 Å². The first-order chi connectivity index (χ1) is 11.0. The van der Waals surface area contributed by atoms with E-state index in [4.69, 9.17) is 0 Å². The van der Waals surface area contributed by atoms with Crippen LogP contribution < -0.4 is 10.2 Å². The zero-order chi connectivity index (χ0) is 16.4. The maximum Gasteiger partial charge on any atom is 0.236 e. The van der Waals surface area contributed by atoms with Gasteiger partial charge in [0.25, 0.3) is 0 Å². The third-order valence-corrected chi connectivity index (χ3v) is 4.17. The van der Waals surface area contributed by atoms with Gasteiger partial charge >= 0.3 is 0 Å². The zero-order valence-electron chi connectivity index (χ0n) is 13.4. The highest BCUT2D eigenvalue weighted by atomic mass is 16.2. The molecule has 0 saturated carbocycles. The Balaban J connectivity index is 1.67. The number of fused-ring (bicyclic) bond motifs is 1. The molecule has 0 fully saturated rings. The smallest absolute Gasteiger partial charge is 0.236 e. The molecule has 2 amide bonds. The Bertz CT molecular complexity index is 768. The lowest BCUT2D eigenvalue weighted by Crippen LogP contribution is -2.32. The van der Waals surface area contributed by atoms with Crippen molar-refractivity contribution in [2.45, 2.75) is 26.7 Å². The zero-order valence-corrected chi connectivity index (χ0v) is 13.4. The monoisotopic (exact) mass is 308 g/mol. The fourth-order valence-corrected chi connectivity index (χ4v) is 2.89. The Hall–Kier alpha value is -2.62. The Morgan fingerprint density at radius 3 is 2.74 bits per heavy atom.